The summed E-state index contributed by atoms with van der Waals surface area (Å²) in [5, 5.41) is 6.22. The van der Waals surface area contributed by atoms with Gasteiger partial charge >= 0.3 is 0 Å². The summed E-state index contributed by atoms with van der Waals surface area (Å²) in [6.45, 7) is 4.01. The van der Waals surface area contributed by atoms with Gasteiger partial charge in [0.1, 0.15) is 11.6 Å². The van der Waals surface area contributed by atoms with Crippen molar-refractivity contribution < 1.29 is 4.39 Å². The van der Waals surface area contributed by atoms with E-state index in [0.29, 0.717) is 23.1 Å². The molecule has 0 saturated heterocycles. The number of anilines is 3. The minimum atomic E-state index is -0.327. The highest BCUT2D eigenvalue weighted by Crippen LogP contribution is 2.25. The van der Waals surface area contributed by atoms with Gasteiger partial charge in [-0.05, 0) is 66.8 Å². The Kier molecular flexibility index (Phi) is 5.42. The molecule has 0 atom stereocenters. The van der Waals surface area contributed by atoms with E-state index in [1.54, 1.807) is 24.5 Å². The van der Waals surface area contributed by atoms with Crippen molar-refractivity contribution in [1.29, 1.82) is 0 Å². The van der Waals surface area contributed by atoms with E-state index >= 15 is 0 Å². The van der Waals surface area contributed by atoms with Gasteiger partial charge in [-0.1, -0.05) is 0 Å². The topological polar surface area (TPSA) is 62.7 Å². The molecule has 25 heavy (non-hydrogen) atoms. The molecular weight excluding hydrogens is 432 g/mol. The first-order valence-electron chi connectivity index (χ1n) is 7.79. The average Bonchev–Trinajstić information content (AvgIpc) is 2.57. The zero-order chi connectivity index (χ0) is 17.8. The van der Waals surface area contributed by atoms with Gasteiger partial charge in [0.25, 0.3) is 0 Å². The standard InChI is InChI=1S/C18H17FIN5/c1-11(2)22-18-24-16(12-4-3-7-21-10-12)9-17(25-18)23-15-6-5-13(20)8-14(15)19/h3-11H,1-2H3,(H2,22,23,24,25). The molecule has 7 heteroatoms. The Bertz CT molecular complexity index is 871. The summed E-state index contributed by atoms with van der Waals surface area (Å²) in [4.78, 5) is 13.1. The first-order chi connectivity index (χ1) is 12.0. The van der Waals surface area contributed by atoms with Gasteiger partial charge in [0.2, 0.25) is 5.95 Å². The van der Waals surface area contributed by atoms with Gasteiger partial charge in [0.15, 0.2) is 0 Å². The normalized spacial score (nSPS) is 10.8. The number of benzene rings is 1. The summed E-state index contributed by atoms with van der Waals surface area (Å²) >= 11 is 2.07. The molecule has 0 amide bonds. The van der Waals surface area contributed by atoms with Gasteiger partial charge in [0.05, 0.1) is 11.4 Å². The molecule has 5 nitrogen and oxygen atoms in total. The van der Waals surface area contributed by atoms with Crippen molar-refractivity contribution in [1.82, 2.24) is 15.0 Å². The number of aromatic nitrogens is 3. The van der Waals surface area contributed by atoms with Gasteiger partial charge in [-0.3, -0.25) is 4.98 Å². The van der Waals surface area contributed by atoms with E-state index in [-0.39, 0.29) is 11.9 Å². The summed E-state index contributed by atoms with van der Waals surface area (Å²) in [7, 11) is 0. The number of hydrogen-bond acceptors (Lipinski definition) is 5. The van der Waals surface area contributed by atoms with Crippen LogP contribution in [0.25, 0.3) is 11.3 Å². The summed E-state index contributed by atoms with van der Waals surface area (Å²) < 4.78 is 15.0. The Morgan fingerprint density at radius 3 is 2.64 bits per heavy atom. The van der Waals surface area contributed by atoms with Crippen molar-refractivity contribution in [2.45, 2.75) is 19.9 Å². The molecular formula is C18H17FIN5. The van der Waals surface area contributed by atoms with Gasteiger partial charge < -0.3 is 10.6 Å². The molecule has 0 bridgehead atoms. The second kappa shape index (κ2) is 7.73. The fourth-order valence-electron chi connectivity index (χ4n) is 2.23. The van der Waals surface area contributed by atoms with E-state index in [1.165, 1.54) is 6.07 Å². The van der Waals surface area contributed by atoms with Crippen LogP contribution in [0.5, 0.6) is 0 Å². The molecule has 2 heterocycles. The number of nitrogens with one attached hydrogen (secondary N) is 2. The summed E-state index contributed by atoms with van der Waals surface area (Å²) in [6.07, 6.45) is 3.44. The second-order valence-corrected chi connectivity index (χ2v) is 7.00. The third-order valence-corrected chi connectivity index (χ3v) is 3.97. The van der Waals surface area contributed by atoms with Crippen LogP contribution in [-0.2, 0) is 0 Å². The fraction of sp³-hybridized carbons (Fsp3) is 0.167. The van der Waals surface area contributed by atoms with Crippen LogP contribution in [0.2, 0.25) is 0 Å². The van der Waals surface area contributed by atoms with Crippen molar-refractivity contribution in [2.75, 3.05) is 10.6 Å². The number of rotatable bonds is 5. The van der Waals surface area contributed by atoms with Crippen molar-refractivity contribution in [2.24, 2.45) is 0 Å². The molecule has 0 spiro atoms. The molecule has 0 fully saturated rings. The van der Waals surface area contributed by atoms with Crippen molar-refractivity contribution in [3.63, 3.8) is 0 Å². The molecule has 1 aromatic carbocycles. The third kappa shape index (κ3) is 4.62. The maximum absolute atomic E-state index is 14.1. The molecule has 3 aromatic rings. The van der Waals surface area contributed by atoms with Crippen molar-refractivity contribution in [3.05, 3.63) is 58.2 Å². The zero-order valence-electron chi connectivity index (χ0n) is 13.8. The Labute approximate surface area is 159 Å². The molecule has 0 radical (unpaired) electrons. The number of hydrogen-bond donors (Lipinski definition) is 2. The van der Waals surface area contributed by atoms with Crippen LogP contribution in [0.15, 0.2) is 48.8 Å². The quantitative estimate of drug-likeness (QED) is 0.546. The van der Waals surface area contributed by atoms with Crippen LogP contribution in [0.3, 0.4) is 0 Å². The first-order valence-corrected chi connectivity index (χ1v) is 8.87. The second-order valence-electron chi connectivity index (χ2n) is 5.75. The predicted molar refractivity (Wildman–Crippen MR) is 106 cm³/mol. The minimum absolute atomic E-state index is 0.173. The number of pyridine rings is 1. The maximum atomic E-state index is 14.1. The molecule has 2 N–H and O–H groups in total. The van der Waals surface area contributed by atoms with E-state index < -0.39 is 0 Å². The Hall–Kier alpha value is -2.29. The van der Waals surface area contributed by atoms with Crippen molar-refractivity contribution in [3.8, 4) is 11.3 Å². The smallest absolute Gasteiger partial charge is 0.225 e. The fourth-order valence-corrected chi connectivity index (χ4v) is 2.68. The van der Waals surface area contributed by atoms with E-state index in [2.05, 4.69) is 48.2 Å². The van der Waals surface area contributed by atoms with Gasteiger partial charge in [-0.25, -0.2) is 9.37 Å². The van der Waals surface area contributed by atoms with Crippen molar-refractivity contribution >= 4 is 40.0 Å². The lowest BCUT2D eigenvalue weighted by molar-refractivity contribution is 0.631. The highest BCUT2D eigenvalue weighted by Gasteiger charge is 2.10. The largest absolute Gasteiger partial charge is 0.352 e. The van der Waals surface area contributed by atoms with Gasteiger partial charge in [-0.2, -0.15) is 4.98 Å². The molecule has 0 unspecified atom stereocenters. The lowest BCUT2D eigenvalue weighted by Gasteiger charge is -2.13. The van der Waals surface area contributed by atoms with E-state index in [1.807, 2.05) is 32.0 Å². The molecule has 128 valence electrons. The predicted octanol–water partition coefficient (Wildman–Crippen LogP) is 4.85. The van der Waals surface area contributed by atoms with Crippen LogP contribution in [-0.4, -0.2) is 21.0 Å². The Balaban J connectivity index is 2.00. The monoisotopic (exact) mass is 449 g/mol. The van der Waals surface area contributed by atoms with Crippen LogP contribution in [0.1, 0.15) is 13.8 Å². The molecule has 2 aromatic heterocycles. The highest BCUT2D eigenvalue weighted by molar-refractivity contribution is 14.1. The first kappa shape index (κ1) is 17.5. The molecule has 0 aliphatic carbocycles. The SMILES string of the molecule is CC(C)Nc1nc(Nc2ccc(I)cc2F)cc(-c2cccnc2)n1. The third-order valence-electron chi connectivity index (χ3n) is 3.30. The van der Waals surface area contributed by atoms with Crippen LogP contribution >= 0.6 is 22.6 Å². The van der Waals surface area contributed by atoms with E-state index in [0.717, 1.165) is 9.13 Å². The Morgan fingerprint density at radius 1 is 1.12 bits per heavy atom. The maximum Gasteiger partial charge on any atom is 0.225 e. The summed E-state index contributed by atoms with van der Waals surface area (Å²) in [5.41, 5.74) is 1.94. The zero-order valence-corrected chi connectivity index (χ0v) is 16.0. The molecule has 0 aliphatic rings. The molecule has 0 aliphatic heterocycles. The minimum Gasteiger partial charge on any atom is -0.352 e. The van der Waals surface area contributed by atoms with E-state index in [4.69, 9.17) is 0 Å². The lowest BCUT2D eigenvalue weighted by Crippen LogP contribution is -2.13. The summed E-state index contributed by atoms with van der Waals surface area (Å²) in [5.74, 6) is 0.661. The molecule has 3 rings (SSSR count). The van der Waals surface area contributed by atoms with Gasteiger partial charge in [-0.15, -0.1) is 0 Å². The van der Waals surface area contributed by atoms with E-state index in [9.17, 15) is 4.39 Å². The van der Waals surface area contributed by atoms with Crippen LogP contribution < -0.4 is 10.6 Å². The number of halogens is 2. The van der Waals surface area contributed by atoms with Crippen LogP contribution in [0.4, 0.5) is 21.8 Å². The van der Waals surface area contributed by atoms with Crippen LogP contribution in [0, 0.1) is 9.39 Å². The Morgan fingerprint density at radius 2 is 1.96 bits per heavy atom. The lowest BCUT2D eigenvalue weighted by atomic mass is 10.2. The van der Waals surface area contributed by atoms with Gasteiger partial charge in [0, 0.05) is 33.6 Å². The number of nitrogens with zero attached hydrogens (tertiary/aromatic N) is 3. The molecule has 0 saturated carbocycles. The summed E-state index contributed by atoms with van der Waals surface area (Å²) in [6, 6.07) is 10.7. The highest BCUT2D eigenvalue weighted by atomic mass is 127. The average molecular weight is 449 g/mol.